The van der Waals surface area contributed by atoms with Crippen molar-refractivity contribution in [2.75, 3.05) is 20.3 Å². The summed E-state index contributed by atoms with van der Waals surface area (Å²) >= 11 is 6.08. The molecule has 2 heterocycles. The Labute approximate surface area is 215 Å². The van der Waals surface area contributed by atoms with Gasteiger partial charge in [0.2, 0.25) is 5.91 Å². The Morgan fingerprint density at radius 1 is 1.14 bits per heavy atom. The van der Waals surface area contributed by atoms with E-state index < -0.39 is 11.9 Å². The van der Waals surface area contributed by atoms with Crippen molar-refractivity contribution in [2.24, 2.45) is 7.05 Å². The summed E-state index contributed by atoms with van der Waals surface area (Å²) in [4.78, 5) is 42.0. The summed E-state index contributed by atoms with van der Waals surface area (Å²) in [7, 11) is 3.14. The molecule has 2 N–H and O–H groups in total. The molecule has 9 nitrogen and oxygen atoms in total. The maximum absolute atomic E-state index is 12.8. The van der Waals surface area contributed by atoms with Gasteiger partial charge in [0, 0.05) is 39.5 Å². The lowest BCUT2D eigenvalue weighted by Crippen LogP contribution is -2.48. The molecule has 0 bridgehead atoms. The molecular weight excluding hydrogens is 482 g/mol. The van der Waals surface area contributed by atoms with Gasteiger partial charge in [-0.25, -0.2) is 4.68 Å². The maximum Gasteiger partial charge on any atom is 0.274 e. The number of nitrogens with one attached hydrogen (secondary N) is 2. The second kappa shape index (κ2) is 14.1. The lowest BCUT2D eigenvalue weighted by Gasteiger charge is -2.19. The van der Waals surface area contributed by atoms with Gasteiger partial charge in [0.05, 0.1) is 29.0 Å². The number of aromatic nitrogens is 3. The van der Waals surface area contributed by atoms with Gasteiger partial charge in [0.25, 0.3) is 11.5 Å². The zero-order chi connectivity index (χ0) is 26.7. The number of nitrogens with zero attached hydrogens (tertiary/aromatic N) is 3. The first-order chi connectivity index (χ1) is 17.3. The summed E-state index contributed by atoms with van der Waals surface area (Å²) in [5.74, 6) is -0.828. The minimum Gasteiger partial charge on any atom is -0.383 e. The van der Waals surface area contributed by atoms with Crippen molar-refractivity contribution < 1.29 is 14.3 Å². The molecule has 1 unspecified atom stereocenters. The molecule has 0 aliphatic rings. The van der Waals surface area contributed by atoms with E-state index in [1.54, 1.807) is 13.2 Å². The summed E-state index contributed by atoms with van der Waals surface area (Å²) in [5.41, 5.74) is 2.93. The Hall–Kier alpha value is -3.56. The summed E-state index contributed by atoms with van der Waals surface area (Å²) in [6, 6.07) is 7.94. The number of benzene rings is 1. The molecule has 36 heavy (non-hydrogen) atoms. The third-order valence-corrected chi connectivity index (χ3v) is 5.55. The van der Waals surface area contributed by atoms with Crippen molar-refractivity contribution in [3.8, 4) is 11.1 Å². The largest absolute Gasteiger partial charge is 0.383 e. The highest BCUT2D eigenvalue weighted by Gasteiger charge is 2.23. The van der Waals surface area contributed by atoms with Gasteiger partial charge in [-0.05, 0) is 29.7 Å². The van der Waals surface area contributed by atoms with E-state index >= 15 is 0 Å². The number of hydrogen-bond acceptors (Lipinski definition) is 6. The van der Waals surface area contributed by atoms with Crippen LogP contribution in [-0.2, 0) is 23.0 Å². The van der Waals surface area contributed by atoms with Gasteiger partial charge in [0.15, 0.2) is 0 Å². The van der Waals surface area contributed by atoms with Crippen molar-refractivity contribution in [3.63, 3.8) is 0 Å². The molecule has 2 amide bonds. The summed E-state index contributed by atoms with van der Waals surface area (Å²) in [5, 5.41) is 9.73. The molecule has 0 aliphatic heterocycles. The minimum atomic E-state index is -0.852. The third-order valence-electron chi connectivity index (χ3n) is 5.25. The van der Waals surface area contributed by atoms with Crippen LogP contribution in [0.4, 0.5) is 0 Å². The predicted molar refractivity (Wildman–Crippen MR) is 140 cm³/mol. The standard InChI is InChI=1S/C24H26ClN5O4.C2H6/c1-15-13-28-30(2)24(33)21(15)17-6-4-16(5-7-17)12-20(23(32)27-10-11-34-3)29-22(31)18-8-9-26-14-19(18)25;1-2/h4-9,13-14,20H,10-12H2,1-3H3,(H,27,32)(H,29,31);1-2H3. The molecule has 10 heteroatoms. The summed E-state index contributed by atoms with van der Waals surface area (Å²) in [6.45, 7) is 6.48. The zero-order valence-electron chi connectivity index (χ0n) is 21.2. The monoisotopic (exact) mass is 513 g/mol. The molecule has 0 saturated carbocycles. The fourth-order valence-corrected chi connectivity index (χ4v) is 3.62. The van der Waals surface area contributed by atoms with Crippen LogP contribution in [0.1, 0.15) is 35.3 Å². The van der Waals surface area contributed by atoms with Crippen LogP contribution in [0.25, 0.3) is 11.1 Å². The average Bonchev–Trinajstić information content (AvgIpc) is 2.88. The fraction of sp³-hybridized carbons (Fsp3) is 0.346. The van der Waals surface area contributed by atoms with Gasteiger partial charge in [-0.2, -0.15) is 5.10 Å². The van der Waals surface area contributed by atoms with Crippen molar-refractivity contribution in [3.05, 3.63) is 81.0 Å². The Balaban J connectivity index is 0.00000222. The molecule has 0 radical (unpaired) electrons. The Morgan fingerprint density at radius 3 is 2.47 bits per heavy atom. The van der Waals surface area contributed by atoms with Crippen molar-refractivity contribution in [1.82, 2.24) is 25.4 Å². The Bertz CT molecular complexity index is 1230. The van der Waals surface area contributed by atoms with Crippen molar-refractivity contribution in [1.29, 1.82) is 0 Å². The number of amides is 2. The Morgan fingerprint density at radius 2 is 1.83 bits per heavy atom. The highest BCUT2D eigenvalue weighted by molar-refractivity contribution is 6.33. The van der Waals surface area contributed by atoms with E-state index in [1.165, 1.54) is 30.3 Å². The number of ether oxygens (including phenoxy) is 1. The van der Waals surface area contributed by atoms with Gasteiger partial charge >= 0.3 is 0 Å². The van der Waals surface area contributed by atoms with Crippen LogP contribution in [-0.4, -0.2) is 52.9 Å². The predicted octanol–water partition coefficient (Wildman–Crippen LogP) is 2.93. The van der Waals surface area contributed by atoms with Crippen LogP contribution in [0, 0.1) is 6.92 Å². The number of aryl methyl sites for hydroxylation is 2. The number of halogens is 1. The summed E-state index contributed by atoms with van der Waals surface area (Å²) < 4.78 is 6.27. The van der Waals surface area contributed by atoms with E-state index in [9.17, 15) is 14.4 Å². The van der Waals surface area contributed by atoms with Gasteiger partial charge in [-0.3, -0.25) is 19.4 Å². The van der Waals surface area contributed by atoms with Crippen LogP contribution in [0.5, 0.6) is 0 Å². The molecule has 1 aromatic carbocycles. The number of pyridine rings is 1. The third kappa shape index (κ3) is 7.47. The van der Waals surface area contributed by atoms with Crippen LogP contribution in [0.2, 0.25) is 5.02 Å². The summed E-state index contributed by atoms with van der Waals surface area (Å²) in [6.07, 6.45) is 4.71. The SMILES string of the molecule is CC.COCCNC(=O)C(Cc1ccc(-c2c(C)cnn(C)c2=O)cc1)NC(=O)c1ccncc1Cl. The van der Waals surface area contributed by atoms with Crippen LogP contribution in [0.15, 0.2) is 53.7 Å². The van der Waals surface area contributed by atoms with Gasteiger partial charge in [0.1, 0.15) is 6.04 Å². The van der Waals surface area contributed by atoms with Crippen molar-refractivity contribution in [2.45, 2.75) is 33.2 Å². The molecule has 0 spiro atoms. The number of hydrogen-bond donors (Lipinski definition) is 2. The highest BCUT2D eigenvalue weighted by atomic mass is 35.5. The van der Waals surface area contributed by atoms with Gasteiger partial charge in [-0.15, -0.1) is 0 Å². The highest BCUT2D eigenvalue weighted by Crippen LogP contribution is 2.20. The van der Waals surface area contributed by atoms with E-state index in [0.717, 1.165) is 16.7 Å². The van der Waals surface area contributed by atoms with Gasteiger partial charge < -0.3 is 15.4 Å². The molecular formula is C26H32ClN5O4. The molecule has 3 aromatic rings. The van der Waals surface area contributed by atoms with E-state index in [0.29, 0.717) is 18.7 Å². The quantitative estimate of drug-likeness (QED) is 0.425. The van der Waals surface area contributed by atoms with Crippen LogP contribution in [0.3, 0.4) is 0 Å². The molecule has 0 aliphatic carbocycles. The van der Waals surface area contributed by atoms with E-state index in [2.05, 4.69) is 20.7 Å². The fourth-order valence-electron chi connectivity index (χ4n) is 3.42. The number of carbonyl (C=O) groups excluding carboxylic acids is 2. The number of rotatable bonds is 9. The molecule has 3 rings (SSSR count). The normalized spacial score (nSPS) is 11.2. The second-order valence-electron chi connectivity index (χ2n) is 7.70. The lowest BCUT2D eigenvalue weighted by atomic mass is 9.99. The van der Waals surface area contributed by atoms with E-state index in [-0.39, 0.29) is 28.5 Å². The van der Waals surface area contributed by atoms with Gasteiger partial charge in [-0.1, -0.05) is 49.7 Å². The van der Waals surface area contributed by atoms with Crippen LogP contribution < -0.4 is 16.2 Å². The van der Waals surface area contributed by atoms with E-state index in [4.69, 9.17) is 16.3 Å². The molecule has 2 aromatic heterocycles. The topological polar surface area (TPSA) is 115 Å². The minimum absolute atomic E-state index is 0.190. The number of methoxy groups -OCH3 is 1. The smallest absolute Gasteiger partial charge is 0.274 e. The lowest BCUT2D eigenvalue weighted by molar-refractivity contribution is -0.123. The zero-order valence-corrected chi connectivity index (χ0v) is 21.9. The number of carbonyl (C=O) groups is 2. The molecule has 0 saturated heterocycles. The Kier molecular flexibility index (Phi) is 11.2. The maximum atomic E-state index is 12.8. The first-order valence-electron chi connectivity index (χ1n) is 11.6. The average molecular weight is 514 g/mol. The van der Waals surface area contributed by atoms with Crippen LogP contribution >= 0.6 is 11.6 Å². The first-order valence-corrected chi connectivity index (χ1v) is 12.0. The second-order valence-corrected chi connectivity index (χ2v) is 8.10. The molecule has 1 atom stereocenters. The van der Waals surface area contributed by atoms with E-state index in [1.807, 2.05) is 45.0 Å². The first kappa shape index (κ1) is 28.7. The van der Waals surface area contributed by atoms with Crippen molar-refractivity contribution >= 4 is 23.4 Å². The molecule has 0 fully saturated rings. The molecule has 192 valence electrons.